The zero-order valence-corrected chi connectivity index (χ0v) is 13.7. The summed E-state index contributed by atoms with van der Waals surface area (Å²) in [6.07, 6.45) is 0.610. The molecule has 0 radical (unpaired) electrons. The predicted molar refractivity (Wildman–Crippen MR) is 84.9 cm³/mol. The average molecular weight is 292 g/mol. The van der Waals surface area contributed by atoms with Crippen LogP contribution in [-0.2, 0) is 4.74 Å². The van der Waals surface area contributed by atoms with E-state index in [0.717, 1.165) is 11.3 Å². The third-order valence-corrected chi connectivity index (χ3v) is 4.47. The number of nitrogens with one attached hydrogen (secondary N) is 1. The summed E-state index contributed by atoms with van der Waals surface area (Å²) in [5.74, 6) is 7.54. The van der Waals surface area contributed by atoms with Crippen molar-refractivity contribution in [3.8, 4) is 5.75 Å². The Bertz CT molecular complexity index is 464. The summed E-state index contributed by atoms with van der Waals surface area (Å²) in [6, 6.07) is 8.24. The van der Waals surface area contributed by atoms with E-state index < -0.39 is 0 Å². The van der Waals surface area contributed by atoms with E-state index in [1.807, 2.05) is 26.0 Å². The van der Waals surface area contributed by atoms with Crippen molar-refractivity contribution in [1.82, 2.24) is 5.43 Å². The Kier molecular flexibility index (Phi) is 5.25. The SMILES string of the molecule is CC(C)Oc1cccc(C(NN)C2C(C)OC(C)C2C)c1. The Morgan fingerprint density at radius 2 is 1.90 bits per heavy atom. The Balaban J connectivity index is 2.25. The van der Waals surface area contributed by atoms with Crippen molar-refractivity contribution in [2.24, 2.45) is 17.7 Å². The quantitative estimate of drug-likeness (QED) is 0.647. The minimum atomic E-state index is 0.0654. The monoisotopic (exact) mass is 292 g/mol. The van der Waals surface area contributed by atoms with Gasteiger partial charge in [-0.3, -0.25) is 11.3 Å². The van der Waals surface area contributed by atoms with Gasteiger partial charge < -0.3 is 9.47 Å². The molecule has 0 amide bonds. The first-order chi connectivity index (χ1) is 9.93. The van der Waals surface area contributed by atoms with Crippen LogP contribution in [0.3, 0.4) is 0 Å². The highest BCUT2D eigenvalue weighted by Crippen LogP contribution is 2.40. The zero-order chi connectivity index (χ0) is 15.6. The molecule has 1 fully saturated rings. The number of hydrogen-bond donors (Lipinski definition) is 2. The summed E-state index contributed by atoms with van der Waals surface area (Å²) < 4.78 is 11.7. The second-order valence-corrected chi connectivity index (χ2v) is 6.37. The van der Waals surface area contributed by atoms with E-state index >= 15 is 0 Å². The van der Waals surface area contributed by atoms with Gasteiger partial charge in [0, 0.05) is 5.92 Å². The third kappa shape index (κ3) is 3.57. The number of nitrogens with two attached hydrogens (primary N) is 1. The molecule has 1 aliphatic rings. The average Bonchev–Trinajstić information content (AvgIpc) is 2.66. The van der Waals surface area contributed by atoms with Crippen molar-refractivity contribution in [2.45, 2.75) is 59.0 Å². The Labute approximate surface area is 128 Å². The van der Waals surface area contributed by atoms with Gasteiger partial charge in [-0.05, 0) is 51.3 Å². The number of ether oxygens (including phenoxy) is 2. The van der Waals surface area contributed by atoms with Crippen LogP contribution in [0, 0.1) is 11.8 Å². The number of hydrogen-bond acceptors (Lipinski definition) is 4. The van der Waals surface area contributed by atoms with Gasteiger partial charge in [-0.15, -0.1) is 0 Å². The molecule has 3 N–H and O–H groups in total. The van der Waals surface area contributed by atoms with Crippen molar-refractivity contribution in [1.29, 1.82) is 0 Å². The van der Waals surface area contributed by atoms with Gasteiger partial charge in [-0.2, -0.15) is 0 Å². The summed E-state index contributed by atoms with van der Waals surface area (Å²) in [5.41, 5.74) is 4.14. The van der Waals surface area contributed by atoms with Crippen LogP contribution in [0.4, 0.5) is 0 Å². The van der Waals surface area contributed by atoms with Crippen molar-refractivity contribution < 1.29 is 9.47 Å². The molecule has 2 rings (SSSR count). The Hall–Kier alpha value is -1.10. The lowest BCUT2D eigenvalue weighted by Gasteiger charge is -2.29. The fourth-order valence-electron chi connectivity index (χ4n) is 3.35. The zero-order valence-electron chi connectivity index (χ0n) is 13.7. The van der Waals surface area contributed by atoms with Crippen molar-refractivity contribution in [3.05, 3.63) is 29.8 Å². The normalized spacial score (nSPS) is 30.6. The fourth-order valence-corrected chi connectivity index (χ4v) is 3.35. The van der Waals surface area contributed by atoms with Crippen LogP contribution in [0.2, 0.25) is 0 Å². The molecular formula is C17H28N2O2. The van der Waals surface area contributed by atoms with Crippen molar-refractivity contribution >= 4 is 0 Å². The molecule has 1 aliphatic heterocycles. The summed E-state index contributed by atoms with van der Waals surface area (Å²) in [5, 5.41) is 0. The second kappa shape index (κ2) is 6.77. The Morgan fingerprint density at radius 1 is 1.19 bits per heavy atom. The van der Waals surface area contributed by atoms with Gasteiger partial charge in [0.15, 0.2) is 0 Å². The molecular weight excluding hydrogens is 264 g/mol. The molecule has 1 aromatic rings. The van der Waals surface area contributed by atoms with Gasteiger partial charge in [-0.1, -0.05) is 19.1 Å². The van der Waals surface area contributed by atoms with Crippen molar-refractivity contribution in [2.75, 3.05) is 0 Å². The maximum absolute atomic E-state index is 5.96. The standard InChI is InChI=1S/C17H28N2O2/c1-10(2)20-15-8-6-7-14(9-15)17(19-18)16-11(3)12(4)21-13(16)5/h6-13,16-17,19H,18H2,1-5H3. The van der Waals surface area contributed by atoms with Gasteiger partial charge in [0.25, 0.3) is 0 Å². The molecule has 0 aliphatic carbocycles. The van der Waals surface area contributed by atoms with E-state index in [0.29, 0.717) is 11.8 Å². The van der Waals surface area contributed by atoms with Crippen LogP contribution in [0.5, 0.6) is 5.75 Å². The minimum Gasteiger partial charge on any atom is -0.491 e. The van der Waals surface area contributed by atoms with Crippen LogP contribution in [0.25, 0.3) is 0 Å². The molecule has 0 aromatic heterocycles. The van der Waals surface area contributed by atoms with Crippen LogP contribution < -0.4 is 16.0 Å². The second-order valence-electron chi connectivity index (χ2n) is 6.37. The smallest absolute Gasteiger partial charge is 0.120 e. The number of benzene rings is 1. The van der Waals surface area contributed by atoms with E-state index in [4.69, 9.17) is 15.3 Å². The van der Waals surface area contributed by atoms with Crippen LogP contribution in [0.15, 0.2) is 24.3 Å². The predicted octanol–water partition coefficient (Wildman–Crippen LogP) is 3.04. The van der Waals surface area contributed by atoms with Gasteiger partial charge in [-0.25, -0.2) is 0 Å². The number of rotatable bonds is 5. The molecule has 0 saturated carbocycles. The maximum atomic E-state index is 5.96. The van der Waals surface area contributed by atoms with E-state index in [1.165, 1.54) is 0 Å². The summed E-state index contributed by atoms with van der Waals surface area (Å²) in [7, 11) is 0. The minimum absolute atomic E-state index is 0.0654. The molecule has 1 aromatic carbocycles. The Morgan fingerprint density at radius 3 is 2.43 bits per heavy atom. The highest BCUT2D eigenvalue weighted by molar-refractivity contribution is 5.31. The first-order valence-corrected chi connectivity index (χ1v) is 7.82. The summed E-state index contributed by atoms with van der Waals surface area (Å²) in [4.78, 5) is 0. The van der Waals surface area contributed by atoms with Crippen LogP contribution in [-0.4, -0.2) is 18.3 Å². The highest BCUT2D eigenvalue weighted by Gasteiger charge is 2.41. The van der Waals surface area contributed by atoms with Gasteiger partial charge in [0.2, 0.25) is 0 Å². The lowest BCUT2D eigenvalue weighted by Crippen LogP contribution is -2.38. The third-order valence-electron chi connectivity index (χ3n) is 4.47. The van der Waals surface area contributed by atoms with Crippen LogP contribution in [0.1, 0.15) is 46.2 Å². The van der Waals surface area contributed by atoms with Crippen LogP contribution >= 0.6 is 0 Å². The molecule has 0 bridgehead atoms. The number of hydrazine groups is 1. The molecule has 1 heterocycles. The van der Waals surface area contributed by atoms with E-state index in [1.54, 1.807) is 0 Å². The topological polar surface area (TPSA) is 56.5 Å². The molecule has 1 saturated heterocycles. The van der Waals surface area contributed by atoms with E-state index in [2.05, 4.69) is 38.3 Å². The van der Waals surface area contributed by atoms with Gasteiger partial charge >= 0.3 is 0 Å². The molecule has 4 nitrogen and oxygen atoms in total. The van der Waals surface area contributed by atoms with Gasteiger partial charge in [0.05, 0.1) is 24.4 Å². The molecule has 5 atom stereocenters. The van der Waals surface area contributed by atoms with Crippen molar-refractivity contribution in [3.63, 3.8) is 0 Å². The molecule has 5 unspecified atom stereocenters. The molecule has 21 heavy (non-hydrogen) atoms. The lowest BCUT2D eigenvalue weighted by atomic mass is 9.81. The highest BCUT2D eigenvalue weighted by atomic mass is 16.5. The fraction of sp³-hybridized carbons (Fsp3) is 0.647. The first kappa shape index (κ1) is 16.3. The summed E-state index contributed by atoms with van der Waals surface area (Å²) in [6.45, 7) is 10.6. The van der Waals surface area contributed by atoms with E-state index in [9.17, 15) is 0 Å². The lowest BCUT2D eigenvalue weighted by molar-refractivity contribution is 0.0475. The first-order valence-electron chi connectivity index (χ1n) is 7.82. The summed E-state index contributed by atoms with van der Waals surface area (Å²) >= 11 is 0. The molecule has 0 spiro atoms. The van der Waals surface area contributed by atoms with E-state index in [-0.39, 0.29) is 24.4 Å². The molecule has 4 heteroatoms. The van der Waals surface area contributed by atoms with Gasteiger partial charge in [0.1, 0.15) is 5.75 Å². The largest absolute Gasteiger partial charge is 0.491 e. The maximum Gasteiger partial charge on any atom is 0.120 e. The molecule has 118 valence electrons.